The molecule has 0 bridgehead atoms. The van der Waals surface area contributed by atoms with Crippen LogP contribution in [0.2, 0.25) is 0 Å². The van der Waals surface area contributed by atoms with Crippen LogP contribution in [0.1, 0.15) is 43.5 Å². The van der Waals surface area contributed by atoms with Crippen LogP contribution < -0.4 is 14.8 Å². The van der Waals surface area contributed by atoms with Crippen molar-refractivity contribution in [3.05, 3.63) is 68.8 Å². The maximum Gasteiger partial charge on any atom is 0.338 e. The number of benzene rings is 2. The Labute approximate surface area is 223 Å². The molecule has 1 aromatic heterocycles. The van der Waals surface area contributed by atoms with E-state index < -0.39 is 12.0 Å². The fraction of sp³-hybridized carbons (Fsp3) is 0.346. The van der Waals surface area contributed by atoms with Crippen molar-refractivity contribution in [2.45, 2.75) is 45.5 Å². The molecule has 190 valence electrons. The summed E-state index contributed by atoms with van der Waals surface area (Å²) in [5.41, 5.74) is 4.13. The second-order valence-corrected chi connectivity index (χ2v) is 10.3. The number of hydrogen-bond acceptors (Lipinski definition) is 8. The first kappa shape index (κ1) is 26.1. The molecule has 1 aliphatic heterocycles. The number of rotatable bonds is 9. The molecule has 0 aliphatic carbocycles. The molecule has 4 rings (SSSR count). The highest BCUT2D eigenvalue weighted by Crippen LogP contribution is 2.43. The molecule has 2 heterocycles. The lowest BCUT2D eigenvalue weighted by Crippen LogP contribution is -2.29. The minimum absolute atomic E-state index is 0.393. The summed E-state index contributed by atoms with van der Waals surface area (Å²) in [6.07, 6.45) is 0. The van der Waals surface area contributed by atoms with Crippen LogP contribution in [-0.2, 0) is 16.1 Å². The maximum absolute atomic E-state index is 12.9. The van der Waals surface area contributed by atoms with E-state index in [9.17, 15) is 4.79 Å². The summed E-state index contributed by atoms with van der Waals surface area (Å²) in [5.74, 6) is 2.12. The van der Waals surface area contributed by atoms with Crippen molar-refractivity contribution in [2.24, 2.45) is 0 Å². The van der Waals surface area contributed by atoms with Gasteiger partial charge >= 0.3 is 5.97 Å². The third-order valence-electron chi connectivity index (χ3n) is 5.62. The number of thioether (sulfide) groups is 1. The standard InChI is InChI=1S/C26H29BrN4O4S/c1-6-34-20-13-18(12-19(27)23(20)35-14-17-10-8-9-15(3)11-17)22-21(24(32)33-5)16(4)28-25-29-26(36-7-2)30-31(22)25/h8-13,22H,6-7,14H2,1-5H3,(H,28,29,30). The first-order valence-electron chi connectivity index (χ1n) is 11.7. The van der Waals surface area contributed by atoms with Crippen molar-refractivity contribution in [1.29, 1.82) is 0 Å². The van der Waals surface area contributed by atoms with Crippen molar-refractivity contribution in [3.63, 3.8) is 0 Å². The minimum Gasteiger partial charge on any atom is -0.490 e. The van der Waals surface area contributed by atoms with E-state index in [2.05, 4.69) is 50.4 Å². The minimum atomic E-state index is -0.561. The number of ether oxygens (including phenoxy) is 3. The quantitative estimate of drug-likeness (QED) is 0.250. The second-order valence-electron chi connectivity index (χ2n) is 8.19. The predicted molar refractivity (Wildman–Crippen MR) is 144 cm³/mol. The molecule has 0 amide bonds. The number of carbonyl (C=O) groups is 1. The topological polar surface area (TPSA) is 87.5 Å². The number of carbonyl (C=O) groups excluding carboxylic acids is 1. The van der Waals surface area contributed by atoms with Crippen LogP contribution in [-0.4, -0.2) is 40.2 Å². The summed E-state index contributed by atoms with van der Waals surface area (Å²) in [4.78, 5) is 17.5. The normalized spacial score (nSPS) is 14.8. The van der Waals surface area contributed by atoms with Gasteiger partial charge in [0.15, 0.2) is 11.5 Å². The average Bonchev–Trinajstić information content (AvgIpc) is 3.24. The maximum atomic E-state index is 12.9. The highest BCUT2D eigenvalue weighted by atomic mass is 79.9. The summed E-state index contributed by atoms with van der Waals surface area (Å²) < 4.78 is 19.8. The van der Waals surface area contributed by atoms with Gasteiger partial charge in [0, 0.05) is 5.70 Å². The zero-order valence-corrected chi connectivity index (χ0v) is 23.3. The Hall–Kier alpha value is -2.98. The molecule has 0 spiro atoms. The Kier molecular flexibility index (Phi) is 8.25. The lowest BCUT2D eigenvalue weighted by atomic mass is 9.95. The van der Waals surface area contributed by atoms with E-state index in [1.165, 1.54) is 24.4 Å². The predicted octanol–water partition coefficient (Wildman–Crippen LogP) is 5.90. The van der Waals surface area contributed by atoms with Gasteiger partial charge in [-0.1, -0.05) is 48.5 Å². The van der Waals surface area contributed by atoms with E-state index in [1.54, 1.807) is 4.68 Å². The Morgan fingerprint density at radius 3 is 2.69 bits per heavy atom. The van der Waals surface area contributed by atoms with E-state index in [-0.39, 0.29) is 0 Å². The van der Waals surface area contributed by atoms with E-state index in [4.69, 9.17) is 14.2 Å². The summed E-state index contributed by atoms with van der Waals surface area (Å²) in [7, 11) is 1.37. The fourth-order valence-electron chi connectivity index (χ4n) is 4.11. The number of fused-ring (bicyclic) bond motifs is 1. The zero-order chi connectivity index (χ0) is 25.8. The van der Waals surface area contributed by atoms with Crippen LogP contribution in [0.4, 0.5) is 5.95 Å². The molecule has 0 fully saturated rings. The molecule has 1 unspecified atom stereocenters. The van der Waals surface area contributed by atoms with Crippen LogP contribution in [0.3, 0.4) is 0 Å². The first-order valence-corrected chi connectivity index (χ1v) is 13.4. The van der Waals surface area contributed by atoms with E-state index >= 15 is 0 Å². The lowest BCUT2D eigenvalue weighted by molar-refractivity contribution is -0.136. The van der Waals surface area contributed by atoms with Gasteiger partial charge in [0.2, 0.25) is 11.1 Å². The monoisotopic (exact) mass is 572 g/mol. The Morgan fingerprint density at radius 2 is 2.00 bits per heavy atom. The van der Waals surface area contributed by atoms with Gasteiger partial charge in [-0.3, -0.25) is 0 Å². The van der Waals surface area contributed by atoms with Gasteiger partial charge in [-0.2, -0.15) is 4.98 Å². The second kappa shape index (κ2) is 11.4. The number of aryl methyl sites for hydroxylation is 1. The van der Waals surface area contributed by atoms with Gasteiger partial charge in [0.1, 0.15) is 12.6 Å². The van der Waals surface area contributed by atoms with Crippen LogP contribution >= 0.6 is 27.7 Å². The molecule has 0 saturated heterocycles. The third kappa shape index (κ3) is 5.39. The number of nitrogens with one attached hydrogen (secondary N) is 1. The van der Waals surface area contributed by atoms with E-state index in [1.807, 2.05) is 45.0 Å². The number of methoxy groups -OCH3 is 1. The molecule has 10 heteroatoms. The molecule has 0 radical (unpaired) electrons. The van der Waals surface area contributed by atoms with Crippen molar-refractivity contribution >= 4 is 39.6 Å². The van der Waals surface area contributed by atoms with Crippen LogP contribution in [0.5, 0.6) is 11.5 Å². The number of anilines is 1. The molecular weight excluding hydrogens is 544 g/mol. The first-order chi connectivity index (χ1) is 17.4. The summed E-state index contributed by atoms with van der Waals surface area (Å²) in [6.45, 7) is 8.69. The zero-order valence-electron chi connectivity index (χ0n) is 20.9. The number of allylic oxidation sites excluding steroid dienone is 1. The molecular formula is C26H29BrN4O4S. The van der Waals surface area contributed by atoms with Crippen molar-refractivity contribution in [3.8, 4) is 11.5 Å². The number of aromatic nitrogens is 3. The highest BCUT2D eigenvalue weighted by molar-refractivity contribution is 9.10. The van der Waals surface area contributed by atoms with Crippen LogP contribution in [0, 0.1) is 6.92 Å². The summed E-state index contributed by atoms with van der Waals surface area (Å²) >= 11 is 5.21. The smallest absolute Gasteiger partial charge is 0.338 e. The number of nitrogens with zero attached hydrogens (tertiary/aromatic N) is 3. The number of halogens is 1. The summed E-state index contributed by atoms with van der Waals surface area (Å²) in [5, 5.41) is 8.52. The Bertz CT molecular complexity index is 1310. The van der Waals surface area contributed by atoms with Gasteiger partial charge in [-0.25, -0.2) is 9.48 Å². The molecule has 8 nitrogen and oxygen atoms in total. The van der Waals surface area contributed by atoms with E-state index in [0.717, 1.165) is 16.9 Å². The number of hydrogen-bond donors (Lipinski definition) is 1. The van der Waals surface area contributed by atoms with Crippen molar-refractivity contribution in [1.82, 2.24) is 14.8 Å². The van der Waals surface area contributed by atoms with Gasteiger partial charge in [0.25, 0.3) is 0 Å². The van der Waals surface area contributed by atoms with Crippen LogP contribution in [0.15, 0.2) is 57.3 Å². The van der Waals surface area contributed by atoms with Gasteiger partial charge in [0.05, 0.1) is 23.8 Å². The molecule has 2 aromatic carbocycles. The molecule has 0 saturated carbocycles. The third-order valence-corrected chi connectivity index (χ3v) is 6.93. The Balaban J connectivity index is 1.78. The van der Waals surface area contributed by atoms with Crippen molar-refractivity contribution < 1.29 is 19.0 Å². The summed E-state index contributed by atoms with van der Waals surface area (Å²) in [6, 6.07) is 11.4. The van der Waals surface area contributed by atoms with Gasteiger partial charge < -0.3 is 19.5 Å². The highest BCUT2D eigenvalue weighted by Gasteiger charge is 2.36. The molecule has 1 aliphatic rings. The van der Waals surface area contributed by atoms with E-state index in [0.29, 0.717) is 51.6 Å². The lowest BCUT2D eigenvalue weighted by Gasteiger charge is -2.28. The molecule has 1 N–H and O–H groups in total. The largest absolute Gasteiger partial charge is 0.490 e. The fourth-order valence-corrected chi connectivity index (χ4v) is 5.24. The molecule has 36 heavy (non-hydrogen) atoms. The Morgan fingerprint density at radius 1 is 1.19 bits per heavy atom. The molecule has 1 atom stereocenters. The van der Waals surface area contributed by atoms with Crippen molar-refractivity contribution in [2.75, 3.05) is 24.8 Å². The van der Waals surface area contributed by atoms with Crippen LogP contribution in [0.25, 0.3) is 0 Å². The van der Waals surface area contributed by atoms with Gasteiger partial charge in [-0.05, 0) is 65.7 Å². The SMILES string of the molecule is CCOc1cc(C2C(C(=O)OC)=C(C)Nc3nc(SCC)nn32)cc(Br)c1OCc1cccc(C)c1. The average molecular weight is 574 g/mol. The number of esters is 1. The van der Waals surface area contributed by atoms with Gasteiger partial charge in [-0.15, -0.1) is 5.10 Å². The molecule has 3 aromatic rings.